The quantitative estimate of drug-likeness (QED) is 0.742. The van der Waals surface area contributed by atoms with Crippen molar-refractivity contribution in [2.45, 2.75) is 38.1 Å². The van der Waals surface area contributed by atoms with E-state index >= 15 is 0 Å². The largest absolute Gasteiger partial charge is 0.372 e. The van der Waals surface area contributed by atoms with Crippen LogP contribution in [0.5, 0.6) is 0 Å². The van der Waals surface area contributed by atoms with E-state index in [1.54, 1.807) is 0 Å². The van der Waals surface area contributed by atoms with Crippen LogP contribution in [0.4, 0.5) is 0 Å². The Kier molecular flexibility index (Phi) is 5.13. The second kappa shape index (κ2) is 7.85. The summed E-state index contributed by atoms with van der Waals surface area (Å²) in [6.07, 6.45) is 9.93. The van der Waals surface area contributed by atoms with Crippen LogP contribution in [-0.2, 0) is 24.9 Å². The van der Waals surface area contributed by atoms with Crippen molar-refractivity contribution in [2.75, 3.05) is 6.61 Å². The maximum absolute atomic E-state index is 5.94. The van der Waals surface area contributed by atoms with E-state index in [4.69, 9.17) is 4.74 Å². The fourth-order valence-corrected chi connectivity index (χ4v) is 3.48. The highest BCUT2D eigenvalue weighted by Crippen LogP contribution is 2.27. The van der Waals surface area contributed by atoms with Crippen LogP contribution in [0, 0.1) is 0 Å². The van der Waals surface area contributed by atoms with Gasteiger partial charge in [0.15, 0.2) is 0 Å². The maximum Gasteiger partial charge on any atom is 0.100 e. The van der Waals surface area contributed by atoms with E-state index in [0.717, 1.165) is 38.2 Å². The van der Waals surface area contributed by atoms with Gasteiger partial charge in [-0.15, -0.1) is 0 Å². The fourth-order valence-electron chi connectivity index (χ4n) is 3.48. The normalized spacial score (nSPS) is 20.3. The summed E-state index contributed by atoms with van der Waals surface area (Å²) in [7, 11) is 2.02. The highest BCUT2D eigenvalue weighted by molar-refractivity contribution is 5.15. The van der Waals surface area contributed by atoms with Gasteiger partial charge >= 0.3 is 0 Å². The molecule has 2 atom stereocenters. The molecule has 1 N–H and O–H groups in total. The van der Waals surface area contributed by atoms with Gasteiger partial charge in [0.2, 0.25) is 0 Å². The number of nitrogens with zero attached hydrogens (tertiary/aromatic N) is 4. The van der Waals surface area contributed by atoms with E-state index in [1.165, 1.54) is 11.1 Å². The first-order valence-electron chi connectivity index (χ1n) is 9.14. The third-order valence-corrected chi connectivity index (χ3v) is 4.94. The lowest BCUT2D eigenvalue weighted by Crippen LogP contribution is -2.36. The molecule has 1 fully saturated rings. The molecule has 0 amide bonds. The number of aromatic nitrogens is 4. The SMILES string of the molecule is Cn1cncc1[C@H]1C[C@@H](NCc2cnn(Cc3ccccc3)c2)CCO1. The van der Waals surface area contributed by atoms with Crippen LogP contribution in [0.1, 0.15) is 35.8 Å². The Morgan fingerprint density at radius 2 is 2.08 bits per heavy atom. The summed E-state index contributed by atoms with van der Waals surface area (Å²) in [5.41, 5.74) is 3.62. The Labute approximate surface area is 153 Å². The van der Waals surface area contributed by atoms with Crippen molar-refractivity contribution in [2.24, 2.45) is 7.05 Å². The topological polar surface area (TPSA) is 56.9 Å². The molecule has 0 unspecified atom stereocenters. The first-order chi connectivity index (χ1) is 12.8. The number of nitrogens with one attached hydrogen (secondary N) is 1. The summed E-state index contributed by atoms with van der Waals surface area (Å²) in [4.78, 5) is 4.20. The van der Waals surface area contributed by atoms with Crippen molar-refractivity contribution in [3.05, 3.63) is 72.1 Å². The molecule has 0 radical (unpaired) electrons. The van der Waals surface area contributed by atoms with Crippen LogP contribution < -0.4 is 5.32 Å². The molecule has 1 aromatic carbocycles. The number of ether oxygens (including phenoxy) is 1. The van der Waals surface area contributed by atoms with E-state index in [9.17, 15) is 0 Å². The first-order valence-corrected chi connectivity index (χ1v) is 9.14. The van der Waals surface area contributed by atoms with Gasteiger partial charge < -0.3 is 14.6 Å². The van der Waals surface area contributed by atoms with Crippen LogP contribution in [0.2, 0.25) is 0 Å². The molecule has 2 aromatic heterocycles. The number of benzene rings is 1. The molecule has 1 saturated heterocycles. The molecule has 3 aromatic rings. The van der Waals surface area contributed by atoms with Gasteiger partial charge in [-0.1, -0.05) is 30.3 Å². The van der Waals surface area contributed by atoms with E-state index in [1.807, 2.05) is 41.1 Å². The third kappa shape index (κ3) is 4.03. The number of hydrogen-bond donors (Lipinski definition) is 1. The Bertz CT molecular complexity index is 826. The van der Waals surface area contributed by atoms with Gasteiger partial charge in [-0.25, -0.2) is 4.98 Å². The monoisotopic (exact) mass is 351 g/mol. The summed E-state index contributed by atoms with van der Waals surface area (Å²) in [6, 6.07) is 10.9. The molecule has 136 valence electrons. The smallest absolute Gasteiger partial charge is 0.100 e. The molecule has 4 rings (SSSR count). The van der Waals surface area contributed by atoms with Crippen LogP contribution in [-0.4, -0.2) is 32.0 Å². The van der Waals surface area contributed by atoms with Gasteiger partial charge in [0.05, 0.1) is 31.0 Å². The highest BCUT2D eigenvalue weighted by Gasteiger charge is 2.25. The molecule has 6 nitrogen and oxygen atoms in total. The minimum Gasteiger partial charge on any atom is -0.372 e. The Morgan fingerprint density at radius 1 is 1.19 bits per heavy atom. The number of rotatable bonds is 6. The summed E-state index contributed by atoms with van der Waals surface area (Å²) >= 11 is 0. The van der Waals surface area contributed by atoms with Gasteiger partial charge in [-0.05, 0) is 18.4 Å². The van der Waals surface area contributed by atoms with Gasteiger partial charge in [-0.2, -0.15) is 5.10 Å². The number of imidazole rings is 1. The van der Waals surface area contributed by atoms with E-state index in [-0.39, 0.29) is 6.10 Å². The van der Waals surface area contributed by atoms with Gasteiger partial charge in [0.1, 0.15) is 6.10 Å². The minimum atomic E-state index is 0.120. The predicted octanol–water partition coefficient (Wildman–Crippen LogP) is 2.67. The summed E-state index contributed by atoms with van der Waals surface area (Å²) < 4.78 is 9.98. The lowest BCUT2D eigenvalue weighted by atomic mass is 10.0. The standard InChI is InChI=1S/C20H25N5O/c1-24-15-21-12-19(24)20-9-18(7-8-26-20)22-10-17-11-23-25(14-17)13-16-5-3-2-4-6-16/h2-6,11-12,14-15,18,20,22H,7-10,13H2,1H3/t18-,20+/m0/s1. The Balaban J connectivity index is 1.31. The van der Waals surface area contributed by atoms with Gasteiger partial charge in [-0.3, -0.25) is 4.68 Å². The summed E-state index contributed by atoms with van der Waals surface area (Å²) in [5.74, 6) is 0. The molecule has 3 heterocycles. The van der Waals surface area contributed by atoms with Crippen LogP contribution >= 0.6 is 0 Å². The Hall–Kier alpha value is -2.44. The zero-order valence-corrected chi connectivity index (χ0v) is 15.1. The van der Waals surface area contributed by atoms with E-state index in [0.29, 0.717) is 6.04 Å². The molecule has 6 heteroatoms. The first kappa shape index (κ1) is 17.0. The molecule has 0 bridgehead atoms. The highest BCUT2D eigenvalue weighted by atomic mass is 16.5. The summed E-state index contributed by atoms with van der Waals surface area (Å²) in [5, 5.41) is 8.15. The second-order valence-corrected chi connectivity index (χ2v) is 6.92. The molecular weight excluding hydrogens is 326 g/mol. The molecule has 1 aliphatic rings. The molecular formula is C20H25N5O. The molecule has 0 spiro atoms. The third-order valence-electron chi connectivity index (χ3n) is 4.94. The predicted molar refractivity (Wildman–Crippen MR) is 99.5 cm³/mol. The average Bonchev–Trinajstić information content (AvgIpc) is 3.30. The van der Waals surface area contributed by atoms with Crippen molar-refractivity contribution in [3.8, 4) is 0 Å². The fraction of sp³-hybridized carbons (Fsp3) is 0.400. The van der Waals surface area contributed by atoms with Gasteiger partial charge in [0.25, 0.3) is 0 Å². The van der Waals surface area contributed by atoms with E-state index in [2.05, 4.69) is 45.9 Å². The zero-order valence-electron chi connectivity index (χ0n) is 15.1. The molecule has 0 saturated carbocycles. The second-order valence-electron chi connectivity index (χ2n) is 6.92. The van der Waals surface area contributed by atoms with Crippen molar-refractivity contribution in [3.63, 3.8) is 0 Å². The van der Waals surface area contributed by atoms with Crippen LogP contribution in [0.3, 0.4) is 0 Å². The van der Waals surface area contributed by atoms with Crippen LogP contribution in [0.25, 0.3) is 0 Å². The number of hydrogen-bond acceptors (Lipinski definition) is 4. The van der Waals surface area contributed by atoms with Crippen LogP contribution in [0.15, 0.2) is 55.2 Å². The van der Waals surface area contributed by atoms with E-state index < -0.39 is 0 Å². The van der Waals surface area contributed by atoms with Crippen molar-refractivity contribution < 1.29 is 4.74 Å². The van der Waals surface area contributed by atoms with Crippen molar-refractivity contribution in [1.29, 1.82) is 0 Å². The zero-order chi connectivity index (χ0) is 17.8. The van der Waals surface area contributed by atoms with Gasteiger partial charge in [0, 0.05) is 38.0 Å². The molecule has 1 aliphatic heterocycles. The average molecular weight is 351 g/mol. The summed E-state index contributed by atoms with van der Waals surface area (Å²) in [6.45, 7) is 2.42. The van der Waals surface area contributed by atoms with Crippen molar-refractivity contribution >= 4 is 0 Å². The maximum atomic E-state index is 5.94. The molecule has 26 heavy (non-hydrogen) atoms. The number of aryl methyl sites for hydroxylation is 1. The lowest BCUT2D eigenvalue weighted by Gasteiger charge is -2.30. The van der Waals surface area contributed by atoms with Crippen molar-refractivity contribution in [1.82, 2.24) is 24.6 Å². The minimum absolute atomic E-state index is 0.120. The molecule has 0 aliphatic carbocycles. The lowest BCUT2D eigenvalue weighted by molar-refractivity contribution is -0.00404. The Morgan fingerprint density at radius 3 is 2.88 bits per heavy atom.